The number of carbonyl (C=O) groups excluding carboxylic acids is 2. The minimum Gasteiger partial charge on any atom is -0.346 e. The zero-order valence-corrected chi connectivity index (χ0v) is 20.4. The average molecular weight is 582 g/mol. The maximum Gasteiger partial charge on any atom is 0.455 e. The van der Waals surface area contributed by atoms with Crippen molar-refractivity contribution in [2.24, 2.45) is 5.92 Å². The fraction of sp³-hybridized carbons (Fsp3) is 0.333. The maximum absolute atomic E-state index is 13.5. The lowest BCUT2D eigenvalue weighted by atomic mass is 10.1. The quantitative estimate of drug-likeness (QED) is 0.288. The van der Waals surface area contributed by atoms with Gasteiger partial charge in [-0.2, -0.15) is 22.0 Å². The molecule has 2 aromatic rings. The molecule has 4 nitrogen and oxygen atoms in total. The molecule has 0 radical (unpaired) electrons. The molecule has 1 fully saturated rings. The number of carbonyl (C=O) groups is 2. The number of anilines is 1. The summed E-state index contributed by atoms with van der Waals surface area (Å²) in [4.78, 5) is 25.1. The molecule has 1 saturated carbocycles. The first-order valence-corrected chi connectivity index (χ1v) is 11.1. The molecule has 1 aliphatic rings. The van der Waals surface area contributed by atoms with Gasteiger partial charge in [0.2, 0.25) is 5.91 Å². The first kappa shape index (κ1) is 27.7. The molecule has 2 atom stereocenters. The zero-order chi connectivity index (χ0) is 26.5. The van der Waals surface area contributed by atoms with E-state index in [2.05, 4.69) is 5.32 Å². The molecule has 2 aromatic carbocycles. The van der Waals surface area contributed by atoms with Crippen LogP contribution in [0.3, 0.4) is 0 Å². The van der Waals surface area contributed by atoms with Crippen LogP contribution in [0.5, 0.6) is 0 Å². The van der Waals surface area contributed by atoms with Gasteiger partial charge in [0.05, 0.1) is 28.1 Å². The Balaban J connectivity index is 1.78. The normalized spacial score (nSPS) is 19.3. The number of aryl methyl sites for hydroxylation is 1. The average Bonchev–Trinajstić information content (AvgIpc) is 3.32. The Morgan fingerprint density at radius 3 is 2.26 bits per heavy atom. The highest BCUT2D eigenvalue weighted by molar-refractivity contribution is 6.53. The number of rotatable bonds is 6. The summed E-state index contributed by atoms with van der Waals surface area (Å²) in [6, 6.07) is 6.08. The number of amides is 2. The summed E-state index contributed by atoms with van der Waals surface area (Å²) in [5.41, 5.74) is 0.162. The van der Waals surface area contributed by atoms with Crippen LogP contribution in [-0.2, 0) is 4.79 Å². The van der Waals surface area contributed by atoms with Crippen molar-refractivity contribution in [1.29, 1.82) is 0 Å². The molecule has 1 aliphatic carbocycles. The van der Waals surface area contributed by atoms with Crippen LogP contribution in [0, 0.1) is 18.7 Å². The highest BCUT2D eigenvalue weighted by Gasteiger charge is 2.67. The van der Waals surface area contributed by atoms with E-state index in [1.165, 1.54) is 30.4 Å². The minimum atomic E-state index is -5.86. The summed E-state index contributed by atoms with van der Waals surface area (Å²) < 4.78 is 75.3. The third kappa shape index (κ3) is 5.60. The number of benzene rings is 2. The van der Waals surface area contributed by atoms with E-state index >= 15 is 0 Å². The Kier molecular flexibility index (Phi) is 7.55. The van der Waals surface area contributed by atoms with E-state index in [4.69, 9.17) is 46.4 Å². The van der Waals surface area contributed by atoms with Gasteiger partial charge in [-0.1, -0.05) is 29.3 Å². The van der Waals surface area contributed by atoms with Gasteiger partial charge >= 0.3 is 12.1 Å². The topological polar surface area (TPSA) is 58.2 Å². The lowest BCUT2D eigenvalue weighted by Crippen LogP contribution is -2.46. The van der Waals surface area contributed by atoms with Gasteiger partial charge in [0.15, 0.2) is 0 Å². The first-order valence-electron chi connectivity index (χ1n) is 9.64. The summed E-state index contributed by atoms with van der Waals surface area (Å²) in [6.45, 7) is -0.584. The van der Waals surface area contributed by atoms with Gasteiger partial charge in [-0.25, -0.2) is 4.39 Å². The SMILES string of the molecule is Cc1cc(NC(=O)[C@H]2[C@H](c3ccc(F)c(Cl)c3)C2(Cl)Cl)cc(C(=O)NCC(F)(F)C(F)(F)F)c1Cl. The number of hydrogen-bond donors (Lipinski definition) is 2. The standard InChI is InChI=1S/C21H14Cl4F6N2O2/c1-8-4-10(6-11(16(8)23)17(34)32-7-19(27,28)21(29,30)31)33-18(35)15-14(20(15,24)25)9-2-3-13(26)12(22)5-9/h2-6,14-15H,7H2,1H3,(H,32,34)(H,33,35)/t14-,15+/m0/s1. The zero-order valence-electron chi connectivity index (χ0n) is 17.3. The second kappa shape index (κ2) is 9.53. The summed E-state index contributed by atoms with van der Waals surface area (Å²) in [6.07, 6.45) is -5.86. The molecule has 2 N–H and O–H groups in total. The lowest BCUT2D eigenvalue weighted by molar-refractivity contribution is -0.278. The van der Waals surface area contributed by atoms with E-state index in [-0.39, 0.29) is 21.3 Å². The van der Waals surface area contributed by atoms with Crippen LogP contribution in [0.4, 0.5) is 32.0 Å². The summed E-state index contributed by atoms with van der Waals surface area (Å²) in [5.74, 6) is -9.60. The Hall–Kier alpha value is -1.88. The lowest BCUT2D eigenvalue weighted by Gasteiger charge is -2.20. The van der Waals surface area contributed by atoms with Crippen LogP contribution in [0.1, 0.15) is 27.4 Å². The summed E-state index contributed by atoms with van der Waals surface area (Å²) in [7, 11) is 0. The van der Waals surface area contributed by atoms with Gasteiger partial charge in [-0.05, 0) is 42.3 Å². The number of nitrogens with one attached hydrogen (secondary N) is 2. The van der Waals surface area contributed by atoms with Gasteiger partial charge in [0.25, 0.3) is 5.91 Å². The third-order valence-corrected chi connectivity index (χ3v) is 7.02. The Bertz CT molecular complexity index is 1190. The second-order valence-electron chi connectivity index (χ2n) is 7.83. The Morgan fingerprint density at radius 1 is 1.06 bits per heavy atom. The molecule has 0 heterocycles. The van der Waals surface area contributed by atoms with Gasteiger partial charge in [-0.15, -0.1) is 23.2 Å². The Labute approximate surface area is 214 Å². The van der Waals surface area contributed by atoms with E-state index < -0.39 is 58.0 Å². The maximum atomic E-state index is 13.5. The highest BCUT2D eigenvalue weighted by Crippen LogP contribution is 2.65. The van der Waals surface area contributed by atoms with Crippen molar-refractivity contribution in [2.45, 2.75) is 29.3 Å². The van der Waals surface area contributed by atoms with Crippen LogP contribution >= 0.6 is 46.4 Å². The molecule has 3 rings (SSSR count). The van der Waals surface area contributed by atoms with Gasteiger partial charge in [0.1, 0.15) is 10.2 Å². The molecular weight excluding hydrogens is 568 g/mol. The molecule has 0 bridgehead atoms. The van der Waals surface area contributed by atoms with Gasteiger partial charge in [-0.3, -0.25) is 9.59 Å². The van der Waals surface area contributed by atoms with Crippen LogP contribution in [-0.4, -0.2) is 34.8 Å². The molecule has 0 unspecified atom stereocenters. The monoisotopic (exact) mass is 580 g/mol. The van der Waals surface area contributed by atoms with Crippen molar-refractivity contribution >= 4 is 63.9 Å². The molecule has 14 heteroatoms. The van der Waals surface area contributed by atoms with Gasteiger partial charge < -0.3 is 10.6 Å². The van der Waals surface area contributed by atoms with E-state index in [0.29, 0.717) is 5.56 Å². The summed E-state index contributed by atoms with van der Waals surface area (Å²) in [5, 5.41) is 3.54. The third-order valence-electron chi connectivity index (χ3n) is 5.29. The molecule has 0 spiro atoms. The Morgan fingerprint density at radius 2 is 1.69 bits per heavy atom. The molecule has 2 amide bonds. The molecular formula is C21H14Cl4F6N2O2. The number of hydrogen-bond acceptors (Lipinski definition) is 2. The smallest absolute Gasteiger partial charge is 0.346 e. The number of alkyl halides is 7. The first-order chi connectivity index (χ1) is 16.0. The fourth-order valence-corrected chi connectivity index (χ4v) is 4.60. The minimum absolute atomic E-state index is 0.0171. The van der Waals surface area contributed by atoms with E-state index in [1.807, 2.05) is 0 Å². The van der Waals surface area contributed by atoms with Crippen molar-refractivity contribution in [2.75, 3.05) is 11.9 Å². The fourth-order valence-electron chi connectivity index (χ4n) is 3.39. The second-order valence-corrected chi connectivity index (χ2v) is 10.1. The molecule has 0 saturated heterocycles. The van der Waals surface area contributed by atoms with Crippen molar-refractivity contribution in [3.05, 3.63) is 62.9 Å². The van der Waals surface area contributed by atoms with E-state index in [9.17, 15) is 35.9 Å². The van der Waals surface area contributed by atoms with Crippen LogP contribution < -0.4 is 10.6 Å². The van der Waals surface area contributed by atoms with Crippen molar-refractivity contribution in [1.82, 2.24) is 5.32 Å². The summed E-state index contributed by atoms with van der Waals surface area (Å²) >= 11 is 24.3. The molecule has 35 heavy (non-hydrogen) atoms. The van der Waals surface area contributed by atoms with Crippen molar-refractivity contribution in [3.8, 4) is 0 Å². The molecule has 0 aromatic heterocycles. The predicted molar refractivity (Wildman–Crippen MR) is 120 cm³/mol. The molecule has 190 valence electrons. The predicted octanol–water partition coefficient (Wildman–Crippen LogP) is 6.89. The van der Waals surface area contributed by atoms with E-state index in [0.717, 1.165) is 12.1 Å². The largest absolute Gasteiger partial charge is 0.455 e. The molecule has 0 aliphatic heterocycles. The van der Waals surface area contributed by atoms with Crippen molar-refractivity contribution in [3.63, 3.8) is 0 Å². The van der Waals surface area contributed by atoms with E-state index in [1.54, 1.807) is 0 Å². The number of halogens is 10. The van der Waals surface area contributed by atoms with Crippen molar-refractivity contribution < 1.29 is 35.9 Å². The van der Waals surface area contributed by atoms with Crippen LogP contribution in [0.2, 0.25) is 10.0 Å². The highest BCUT2D eigenvalue weighted by atomic mass is 35.5. The van der Waals surface area contributed by atoms with Crippen LogP contribution in [0.15, 0.2) is 30.3 Å². The van der Waals surface area contributed by atoms with Gasteiger partial charge in [0, 0.05) is 11.6 Å². The van der Waals surface area contributed by atoms with Crippen LogP contribution in [0.25, 0.3) is 0 Å².